The van der Waals surface area contributed by atoms with Gasteiger partial charge in [-0.25, -0.2) is 0 Å². The van der Waals surface area contributed by atoms with Crippen LogP contribution in [-0.4, -0.2) is 7.11 Å². The van der Waals surface area contributed by atoms with Crippen LogP contribution in [0.15, 0.2) is 24.5 Å². The second-order valence-electron chi connectivity index (χ2n) is 1.81. The van der Waals surface area contributed by atoms with Crippen LogP contribution in [0.1, 0.15) is 0 Å². The molecule has 0 fully saturated rings. The van der Waals surface area contributed by atoms with Gasteiger partial charge in [-0.2, -0.15) is 4.84 Å². The highest BCUT2D eigenvalue weighted by Crippen LogP contribution is 2.02. The average Bonchev–Trinajstić information content (AvgIpc) is 2.07. The number of hydrogen-bond acceptors (Lipinski definition) is 2. The zero-order valence-corrected chi connectivity index (χ0v) is 6.15. The first-order valence-corrected chi connectivity index (χ1v) is 3.05. The van der Waals surface area contributed by atoms with Gasteiger partial charge >= 0.3 is 0 Å². The summed E-state index contributed by atoms with van der Waals surface area (Å²) in [6, 6.07) is 3.49. The van der Waals surface area contributed by atoms with Crippen molar-refractivity contribution in [1.29, 1.82) is 0 Å². The molecule has 1 heterocycles. The van der Waals surface area contributed by atoms with Gasteiger partial charge in [0.25, 0.3) is 0 Å². The summed E-state index contributed by atoms with van der Waals surface area (Å²) in [5.41, 5.74) is 0. The lowest BCUT2D eigenvalue weighted by atomic mass is 10.5. The fourth-order valence-corrected chi connectivity index (χ4v) is 0.657. The SMILES string of the molecule is C#CO[n+]1ccc(OC)cc1. The predicted octanol–water partition coefficient (Wildman–Crippen LogP) is 0.00200. The first-order chi connectivity index (χ1) is 5.36. The van der Waals surface area contributed by atoms with Crippen LogP contribution >= 0.6 is 0 Å². The minimum Gasteiger partial charge on any atom is -0.496 e. The molecule has 0 aliphatic rings. The second-order valence-corrected chi connectivity index (χ2v) is 1.81. The molecular weight excluding hydrogens is 142 g/mol. The van der Waals surface area contributed by atoms with Gasteiger partial charge in [0.05, 0.1) is 7.11 Å². The second kappa shape index (κ2) is 3.47. The van der Waals surface area contributed by atoms with E-state index in [1.807, 2.05) is 6.11 Å². The van der Waals surface area contributed by atoms with Crippen molar-refractivity contribution in [2.24, 2.45) is 0 Å². The van der Waals surface area contributed by atoms with Gasteiger partial charge in [0.15, 0.2) is 6.11 Å². The lowest BCUT2D eigenvalue weighted by Gasteiger charge is -1.93. The quantitative estimate of drug-likeness (QED) is 0.437. The van der Waals surface area contributed by atoms with E-state index in [1.54, 1.807) is 31.6 Å². The van der Waals surface area contributed by atoms with Crippen molar-refractivity contribution in [1.82, 2.24) is 0 Å². The summed E-state index contributed by atoms with van der Waals surface area (Å²) in [5.74, 6) is 0.766. The summed E-state index contributed by atoms with van der Waals surface area (Å²) in [7, 11) is 1.60. The van der Waals surface area contributed by atoms with Gasteiger partial charge in [-0.3, -0.25) is 0 Å². The highest BCUT2D eigenvalue weighted by Gasteiger charge is 1.98. The monoisotopic (exact) mass is 150 g/mol. The molecule has 1 rings (SSSR count). The fourth-order valence-electron chi connectivity index (χ4n) is 0.657. The first-order valence-electron chi connectivity index (χ1n) is 3.05. The topological polar surface area (TPSA) is 22.3 Å². The van der Waals surface area contributed by atoms with E-state index in [4.69, 9.17) is 16.0 Å². The van der Waals surface area contributed by atoms with Crippen molar-refractivity contribution in [3.8, 4) is 18.3 Å². The smallest absolute Gasteiger partial charge is 0.227 e. The number of pyridine rings is 1. The molecule has 0 aliphatic carbocycles. The van der Waals surface area contributed by atoms with Gasteiger partial charge in [0, 0.05) is 16.9 Å². The van der Waals surface area contributed by atoms with E-state index in [9.17, 15) is 0 Å². The van der Waals surface area contributed by atoms with Gasteiger partial charge in [-0.1, -0.05) is 6.42 Å². The first kappa shape index (κ1) is 7.42. The van der Waals surface area contributed by atoms with Crippen LogP contribution in [0, 0.1) is 12.5 Å². The Labute approximate surface area is 65.1 Å². The van der Waals surface area contributed by atoms with Gasteiger partial charge in [-0.15, -0.1) is 0 Å². The van der Waals surface area contributed by atoms with E-state index in [1.165, 1.54) is 4.73 Å². The molecule has 3 heteroatoms. The molecule has 0 saturated carbocycles. The molecule has 0 bridgehead atoms. The highest BCUT2D eigenvalue weighted by molar-refractivity contribution is 5.14. The van der Waals surface area contributed by atoms with Crippen molar-refractivity contribution in [3.05, 3.63) is 24.5 Å². The molecule has 0 N–H and O–H groups in total. The molecule has 0 saturated heterocycles. The molecule has 0 atom stereocenters. The van der Waals surface area contributed by atoms with Gasteiger partial charge in [-0.05, 0) is 0 Å². The summed E-state index contributed by atoms with van der Waals surface area (Å²) in [6.45, 7) is 0. The third-order valence-electron chi connectivity index (χ3n) is 1.17. The summed E-state index contributed by atoms with van der Waals surface area (Å²) in [6.07, 6.45) is 10.3. The van der Waals surface area contributed by atoms with Crippen LogP contribution < -0.4 is 14.3 Å². The Morgan fingerprint density at radius 3 is 2.55 bits per heavy atom. The van der Waals surface area contributed by atoms with Gasteiger partial charge in [0.2, 0.25) is 12.4 Å². The van der Waals surface area contributed by atoms with Crippen LogP contribution in [0.5, 0.6) is 5.75 Å². The molecule has 0 radical (unpaired) electrons. The van der Waals surface area contributed by atoms with Crippen molar-refractivity contribution in [2.45, 2.75) is 0 Å². The van der Waals surface area contributed by atoms with Crippen LogP contribution in [0.3, 0.4) is 0 Å². The molecule has 0 aromatic carbocycles. The zero-order valence-electron chi connectivity index (χ0n) is 6.15. The van der Waals surface area contributed by atoms with E-state index >= 15 is 0 Å². The number of methoxy groups -OCH3 is 1. The van der Waals surface area contributed by atoms with Crippen molar-refractivity contribution < 1.29 is 14.3 Å². The van der Waals surface area contributed by atoms with E-state index in [2.05, 4.69) is 0 Å². The maximum atomic E-state index is 4.93. The highest BCUT2D eigenvalue weighted by atomic mass is 16.6. The van der Waals surface area contributed by atoms with Crippen LogP contribution in [-0.2, 0) is 0 Å². The summed E-state index contributed by atoms with van der Waals surface area (Å²) in [4.78, 5) is 4.69. The summed E-state index contributed by atoms with van der Waals surface area (Å²) in [5, 5.41) is 0. The molecule has 3 nitrogen and oxygen atoms in total. The molecule has 0 amide bonds. The van der Waals surface area contributed by atoms with Gasteiger partial charge in [0.1, 0.15) is 5.75 Å². The standard InChI is InChI=1S/C8H8NO2/c1-3-11-9-6-4-8(10-2)5-7-9/h1,4-7H,2H3/q+1. The fraction of sp³-hybridized carbons (Fsp3) is 0.125. The molecule has 1 aromatic rings. The van der Waals surface area contributed by atoms with E-state index in [-0.39, 0.29) is 0 Å². The van der Waals surface area contributed by atoms with Crippen LogP contribution in [0.25, 0.3) is 0 Å². The third-order valence-corrected chi connectivity index (χ3v) is 1.17. The number of hydrogen-bond donors (Lipinski definition) is 0. The van der Waals surface area contributed by atoms with Crippen molar-refractivity contribution in [3.63, 3.8) is 0 Å². The van der Waals surface area contributed by atoms with Crippen LogP contribution in [0.2, 0.25) is 0 Å². The Hall–Kier alpha value is -1.69. The Morgan fingerprint density at radius 1 is 1.45 bits per heavy atom. The van der Waals surface area contributed by atoms with Crippen molar-refractivity contribution in [2.75, 3.05) is 7.11 Å². The Morgan fingerprint density at radius 2 is 2.09 bits per heavy atom. The largest absolute Gasteiger partial charge is 0.496 e. The minimum absolute atomic E-state index is 0.766. The van der Waals surface area contributed by atoms with Crippen LogP contribution in [0.4, 0.5) is 0 Å². The van der Waals surface area contributed by atoms with Crippen molar-refractivity contribution >= 4 is 0 Å². The molecule has 0 aliphatic heterocycles. The van der Waals surface area contributed by atoms with E-state index in [0.29, 0.717) is 0 Å². The maximum absolute atomic E-state index is 4.93. The lowest BCUT2D eigenvalue weighted by molar-refractivity contribution is -0.872. The number of aromatic nitrogens is 1. The van der Waals surface area contributed by atoms with E-state index < -0.39 is 0 Å². The molecule has 0 spiro atoms. The van der Waals surface area contributed by atoms with Gasteiger partial charge < -0.3 is 4.74 Å². The summed E-state index contributed by atoms with van der Waals surface area (Å²) < 4.78 is 6.33. The number of rotatable bonds is 2. The molecule has 1 aromatic heterocycles. The number of nitrogens with zero attached hydrogens (tertiary/aromatic N) is 1. The maximum Gasteiger partial charge on any atom is 0.227 e. The molecule has 56 valence electrons. The van der Waals surface area contributed by atoms with E-state index in [0.717, 1.165) is 5.75 Å². The Bertz CT molecular complexity index is 260. The molecule has 0 unspecified atom stereocenters. The summed E-state index contributed by atoms with van der Waals surface area (Å²) >= 11 is 0. The third kappa shape index (κ3) is 1.87. The number of terminal acetylenes is 1. The lowest BCUT2D eigenvalue weighted by Crippen LogP contribution is -2.38. The average molecular weight is 150 g/mol. The number of ether oxygens (including phenoxy) is 1. The predicted molar refractivity (Wildman–Crippen MR) is 38.6 cm³/mol. The minimum atomic E-state index is 0.766. The Kier molecular flexibility index (Phi) is 2.34. The normalized spacial score (nSPS) is 8.36. The molecule has 11 heavy (non-hydrogen) atoms. The Balaban J connectivity index is 2.76. The molecular formula is C8H8NO2+. The zero-order chi connectivity index (χ0) is 8.10.